The van der Waals surface area contributed by atoms with Crippen LogP contribution >= 0.6 is 11.3 Å². The summed E-state index contributed by atoms with van der Waals surface area (Å²) in [4.78, 5) is 22.1. The fourth-order valence-electron chi connectivity index (χ4n) is 4.26. The first-order valence-corrected chi connectivity index (χ1v) is 12.4. The average molecular weight is 476 g/mol. The van der Waals surface area contributed by atoms with E-state index in [-0.39, 0.29) is 5.91 Å². The van der Waals surface area contributed by atoms with Gasteiger partial charge in [0.05, 0.1) is 23.2 Å². The molecular weight excluding hydrogens is 446 g/mol. The molecule has 0 radical (unpaired) electrons. The lowest BCUT2D eigenvalue weighted by Crippen LogP contribution is -2.48. The monoisotopic (exact) mass is 475 g/mol. The van der Waals surface area contributed by atoms with Crippen molar-refractivity contribution >= 4 is 32.7 Å². The second kappa shape index (κ2) is 9.10. The number of hydrogen-bond acceptors (Lipinski definition) is 6. The van der Waals surface area contributed by atoms with Gasteiger partial charge in [0, 0.05) is 31.7 Å². The van der Waals surface area contributed by atoms with Gasteiger partial charge in [-0.3, -0.25) is 4.79 Å². The number of fused-ring (bicyclic) bond motifs is 1. The molecule has 2 aromatic carbocycles. The smallest absolute Gasteiger partial charge is 0.253 e. The first kappa shape index (κ1) is 22.4. The van der Waals surface area contributed by atoms with E-state index in [1.54, 1.807) is 18.4 Å². The summed E-state index contributed by atoms with van der Waals surface area (Å²) in [6.45, 7) is 9.24. The average Bonchev–Trinajstić information content (AvgIpc) is 3.44. The minimum Gasteiger partial charge on any atom is -0.497 e. The SMILES string of the molecule is COc1ccc(-n2nc(C)c3sc(N4CCN(C(=O)c5ccc(C(C)C)cc5)CC4)nc32)cc1. The quantitative estimate of drug-likeness (QED) is 0.411. The van der Waals surface area contributed by atoms with Gasteiger partial charge in [-0.25, -0.2) is 4.68 Å². The van der Waals surface area contributed by atoms with E-state index in [1.807, 2.05) is 52.9 Å². The Bertz CT molecular complexity index is 1300. The molecule has 1 saturated heterocycles. The van der Waals surface area contributed by atoms with Crippen LogP contribution in [0.3, 0.4) is 0 Å². The van der Waals surface area contributed by atoms with Crippen molar-refractivity contribution < 1.29 is 9.53 Å². The number of benzene rings is 2. The zero-order valence-corrected chi connectivity index (χ0v) is 20.8. The minimum atomic E-state index is 0.102. The molecule has 1 fully saturated rings. The molecule has 0 saturated carbocycles. The predicted octanol–water partition coefficient (Wildman–Crippen LogP) is 4.88. The molecule has 34 heavy (non-hydrogen) atoms. The number of piperazine rings is 1. The lowest BCUT2D eigenvalue weighted by atomic mass is 10.0. The third-order valence-electron chi connectivity index (χ3n) is 6.36. The van der Waals surface area contributed by atoms with Gasteiger partial charge in [0.25, 0.3) is 5.91 Å². The van der Waals surface area contributed by atoms with Gasteiger partial charge in [0.1, 0.15) is 5.75 Å². The molecule has 0 unspecified atom stereocenters. The number of aromatic nitrogens is 3. The number of anilines is 1. The van der Waals surface area contributed by atoms with Crippen LogP contribution in [0.4, 0.5) is 5.13 Å². The van der Waals surface area contributed by atoms with Crippen molar-refractivity contribution in [3.05, 3.63) is 65.4 Å². The summed E-state index contributed by atoms with van der Waals surface area (Å²) in [6, 6.07) is 15.9. The third-order valence-corrected chi connectivity index (χ3v) is 7.57. The Morgan fingerprint density at radius 1 is 1.00 bits per heavy atom. The van der Waals surface area contributed by atoms with E-state index in [4.69, 9.17) is 14.8 Å². The van der Waals surface area contributed by atoms with Crippen LogP contribution in [0.1, 0.15) is 41.4 Å². The van der Waals surface area contributed by atoms with Crippen molar-refractivity contribution in [2.75, 3.05) is 38.2 Å². The first-order chi connectivity index (χ1) is 16.4. The fourth-order valence-corrected chi connectivity index (χ4v) is 5.29. The standard InChI is InChI=1S/C26H29N5O2S/c1-17(2)19-5-7-20(8-6-19)25(32)29-13-15-30(16-14-29)26-27-24-23(34-26)18(3)28-31(24)21-9-11-22(33-4)12-10-21/h5-12,17H,13-16H2,1-4H3. The second-order valence-electron chi connectivity index (χ2n) is 8.90. The second-order valence-corrected chi connectivity index (χ2v) is 9.88. The summed E-state index contributed by atoms with van der Waals surface area (Å²) in [5.74, 6) is 1.37. The van der Waals surface area contributed by atoms with E-state index in [2.05, 4.69) is 30.9 Å². The van der Waals surface area contributed by atoms with Gasteiger partial charge in [-0.1, -0.05) is 37.3 Å². The molecule has 5 rings (SSSR count). The van der Waals surface area contributed by atoms with E-state index in [1.165, 1.54) is 5.56 Å². The lowest BCUT2D eigenvalue weighted by molar-refractivity contribution is 0.0746. The summed E-state index contributed by atoms with van der Waals surface area (Å²) in [6.07, 6.45) is 0. The van der Waals surface area contributed by atoms with Gasteiger partial charge < -0.3 is 14.5 Å². The van der Waals surface area contributed by atoms with E-state index < -0.39 is 0 Å². The number of aryl methyl sites for hydroxylation is 1. The van der Waals surface area contributed by atoms with E-state index in [0.717, 1.165) is 51.3 Å². The highest BCUT2D eigenvalue weighted by Gasteiger charge is 2.25. The molecule has 1 amide bonds. The molecule has 7 nitrogen and oxygen atoms in total. The highest BCUT2D eigenvalue weighted by Crippen LogP contribution is 2.33. The van der Waals surface area contributed by atoms with Crippen LogP contribution in [0.5, 0.6) is 5.75 Å². The molecule has 0 spiro atoms. The van der Waals surface area contributed by atoms with Crippen LogP contribution in [-0.4, -0.2) is 58.9 Å². The van der Waals surface area contributed by atoms with Crippen LogP contribution in [0.15, 0.2) is 48.5 Å². The minimum absolute atomic E-state index is 0.102. The van der Waals surface area contributed by atoms with Gasteiger partial charge >= 0.3 is 0 Å². The normalized spacial score (nSPS) is 14.3. The lowest BCUT2D eigenvalue weighted by Gasteiger charge is -2.34. The van der Waals surface area contributed by atoms with Crippen molar-refractivity contribution in [2.45, 2.75) is 26.7 Å². The van der Waals surface area contributed by atoms with Crippen LogP contribution in [0, 0.1) is 6.92 Å². The molecular formula is C26H29N5O2S. The van der Waals surface area contributed by atoms with Gasteiger partial charge in [-0.05, 0) is 54.8 Å². The molecule has 0 atom stereocenters. The predicted molar refractivity (Wildman–Crippen MR) is 137 cm³/mol. The molecule has 1 aliphatic heterocycles. The largest absolute Gasteiger partial charge is 0.497 e. The number of amides is 1. The maximum absolute atomic E-state index is 13.0. The Hall–Kier alpha value is -3.39. The number of rotatable bonds is 5. The van der Waals surface area contributed by atoms with Gasteiger partial charge in [-0.15, -0.1) is 0 Å². The van der Waals surface area contributed by atoms with Gasteiger partial charge in [-0.2, -0.15) is 10.1 Å². The number of thiazole rings is 1. The van der Waals surface area contributed by atoms with Gasteiger partial charge in [0.2, 0.25) is 0 Å². The molecule has 0 bridgehead atoms. The van der Waals surface area contributed by atoms with Crippen LogP contribution in [-0.2, 0) is 0 Å². The maximum Gasteiger partial charge on any atom is 0.253 e. The molecule has 3 heterocycles. The van der Waals surface area contributed by atoms with E-state index >= 15 is 0 Å². The summed E-state index contributed by atoms with van der Waals surface area (Å²) in [7, 11) is 1.66. The number of ether oxygens (including phenoxy) is 1. The van der Waals surface area contributed by atoms with Crippen LogP contribution < -0.4 is 9.64 Å². The van der Waals surface area contributed by atoms with Gasteiger partial charge in [0.15, 0.2) is 10.8 Å². The number of nitrogens with zero attached hydrogens (tertiary/aromatic N) is 5. The van der Waals surface area contributed by atoms with Crippen molar-refractivity contribution in [1.82, 2.24) is 19.7 Å². The zero-order valence-electron chi connectivity index (χ0n) is 20.0. The number of methoxy groups -OCH3 is 1. The third kappa shape index (κ3) is 4.14. The highest BCUT2D eigenvalue weighted by molar-refractivity contribution is 7.22. The molecule has 1 aliphatic rings. The van der Waals surface area contributed by atoms with Crippen molar-refractivity contribution in [3.63, 3.8) is 0 Å². The van der Waals surface area contributed by atoms with Crippen molar-refractivity contribution in [3.8, 4) is 11.4 Å². The summed E-state index contributed by atoms with van der Waals surface area (Å²) >= 11 is 1.67. The zero-order chi connectivity index (χ0) is 23.8. The first-order valence-electron chi connectivity index (χ1n) is 11.6. The van der Waals surface area contributed by atoms with Crippen LogP contribution in [0.2, 0.25) is 0 Å². The Balaban J connectivity index is 1.30. The molecule has 4 aromatic rings. The van der Waals surface area contributed by atoms with Crippen LogP contribution in [0.25, 0.3) is 16.0 Å². The summed E-state index contributed by atoms with van der Waals surface area (Å²) in [5, 5.41) is 5.68. The van der Waals surface area contributed by atoms with Crippen molar-refractivity contribution in [1.29, 1.82) is 0 Å². The molecule has 0 aliphatic carbocycles. The Labute approximate surface area is 203 Å². The number of hydrogen-bond donors (Lipinski definition) is 0. The number of carbonyl (C=O) groups is 1. The number of carbonyl (C=O) groups excluding carboxylic acids is 1. The van der Waals surface area contributed by atoms with E-state index in [0.29, 0.717) is 19.0 Å². The Kier molecular flexibility index (Phi) is 6.00. The summed E-state index contributed by atoms with van der Waals surface area (Å²) < 4.78 is 8.26. The molecule has 0 N–H and O–H groups in total. The van der Waals surface area contributed by atoms with Crippen molar-refractivity contribution in [2.24, 2.45) is 0 Å². The molecule has 2 aromatic heterocycles. The Morgan fingerprint density at radius 3 is 2.29 bits per heavy atom. The topological polar surface area (TPSA) is 63.5 Å². The highest BCUT2D eigenvalue weighted by atomic mass is 32.1. The Morgan fingerprint density at radius 2 is 1.68 bits per heavy atom. The molecule has 8 heteroatoms. The summed E-state index contributed by atoms with van der Waals surface area (Å²) in [5.41, 5.74) is 4.79. The van der Waals surface area contributed by atoms with E-state index in [9.17, 15) is 4.79 Å². The fraction of sp³-hybridized carbons (Fsp3) is 0.346. The maximum atomic E-state index is 13.0. The molecule has 176 valence electrons.